The van der Waals surface area contributed by atoms with Crippen LogP contribution in [0.1, 0.15) is 45.4 Å². The van der Waals surface area contributed by atoms with Crippen LogP contribution in [0.3, 0.4) is 0 Å². The molecule has 2 rings (SSSR count). The summed E-state index contributed by atoms with van der Waals surface area (Å²) in [5, 5.41) is 14.7. The van der Waals surface area contributed by atoms with E-state index in [1.807, 2.05) is 6.92 Å². The number of ether oxygens (including phenoxy) is 1. The van der Waals surface area contributed by atoms with Gasteiger partial charge in [0.05, 0.1) is 6.10 Å². The number of carboxylic acids is 1. The van der Waals surface area contributed by atoms with Gasteiger partial charge in [0.1, 0.15) is 5.54 Å². The second-order valence-electron chi connectivity index (χ2n) is 5.44. The van der Waals surface area contributed by atoms with Crippen molar-refractivity contribution in [2.45, 2.75) is 63.1 Å². The van der Waals surface area contributed by atoms with Gasteiger partial charge in [-0.15, -0.1) is 0 Å². The minimum atomic E-state index is -1.06. The molecule has 0 spiro atoms. The molecule has 0 aromatic rings. The Morgan fingerprint density at radius 3 is 2.47 bits per heavy atom. The van der Waals surface area contributed by atoms with E-state index in [1.165, 1.54) is 0 Å². The van der Waals surface area contributed by atoms with Crippen LogP contribution >= 0.6 is 0 Å². The van der Waals surface area contributed by atoms with Crippen molar-refractivity contribution >= 4 is 12.0 Å². The molecule has 2 amide bonds. The molecule has 3 N–H and O–H groups in total. The molecule has 108 valence electrons. The highest BCUT2D eigenvalue weighted by Crippen LogP contribution is 2.30. The molecular weight excluding hydrogens is 248 g/mol. The van der Waals surface area contributed by atoms with Crippen molar-refractivity contribution in [2.75, 3.05) is 6.61 Å². The standard InChI is InChI=1S/C13H22N2O4/c1-2-19-10-7-9(8-10)14-12(18)15-13(11(16)17)5-3-4-6-13/h9-10H,2-8H2,1H3,(H,16,17)(H2,14,15,18). The van der Waals surface area contributed by atoms with Gasteiger partial charge in [-0.2, -0.15) is 0 Å². The Kier molecular flexibility index (Phi) is 4.29. The lowest BCUT2D eigenvalue weighted by Gasteiger charge is -2.36. The van der Waals surface area contributed by atoms with Gasteiger partial charge in [-0.05, 0) is 32.6 Å². The summed E-state index contributed by atoms with van der Waals surface area (Å²) in [6.07, 6.45) is 4.58. The molecule has 6 nitrogen and oxygen atoms in total. The van der Waals surface area contributed by atoms with Crippen molar-refractivity contribution in [3.8, 4) is 0 Å². The molecule has 6 heteroatoms. The lowest BCUT2D eigenvalue weighted by atomic mass is 9.89. The first-order valence-electron chi connectivity index (χ1n) is 6.99. The molecule has 0 saturated heterocycles. The lowest BCUT2D eigenvalue weighted by Crippen LogP contribution is -2.59. The molecule has 2 aliphatic rings. The third-order valence-corrected chi connectivity index (χ3v) is 4.05. The van der Waals surface area contributed by atoms with E-state index in [-0.39, 0.29) is 18.2 Å². The van der Waals surface area contributed by atoms with Crippen LogP contribution in [0.5, 0.6) is 0 Å². The third kappa shape index (κ3) is 3.18. The second kappa shape index (κ2) is 5.77. The predicted octanol–water partition coefficient (Wildman–Crippen LogP) is 1.25. The van der Waals surface area contributed by atoms with E-state index < -0.39 is 11.5 Å². The Bertz CT molecular complexity index is 347. The summed E-state index contributed by atoms with van der Waals surface area (Å²) in [7, 11) is 0. The Morgan fingerprint density at radius 2 is 1.95 bits per heavy atom. The molecule has 0 aromatic carbocycles. The number of amides is 2. The first-order chi connectivity index (χ1) is 9.05. The number of carboxylic acid groups (broad SMARTS) is 1. The average molecular weight is 270 g/mol. The summed E-state index contributed by atoms with van der Waals surface area (Å²) in [5.74, 6) is -0.930. The first-order valence-corrected chi connectivity index (χ1v) is 6.99. The molecule has 0 heterocycles. The molecule has 0 aliphatic heterocycles. The number of nitrogens with one attached hydrogen (secondary N) is 2. The average Bonchev–Trinajstić information content (AvgIpc) is 2.76. The molecule has 2 saturated carbocycles. The topological polar surface area (TPSA) is 87.7 Å². The zero-order chi connectivity index (χ0) is 13.9. The maximum absolute atomic E-state index is 11.9. The number of urea groups is 1. The SMILES string of the molecule is CCOC1CC(NC(=O)NC2(C(=O)O)CCCC2)C1. The largest absolute Gasteiger partial charge is 0.480 e. The van der Waals surface area contributed by atoms with Crippen LogP contribution in [-0.2, 0) is 9.53 Å². The Morgan fingerprint density at radius 1 is 1.32 bits per heavy atom. The van der Waals surface area contributed by atoms with Gasteiger partial charge in [-0.3, -0.25) is 0 Å². The summed E-state index contributed by atoms with van der Waals surface area (Å²) < 4.78 is 5.42. The molecule has 0 aromatic heterocycles. The van der Waals surface area contributed by atoms with Crippen LogP contribution in [0.25, 0.3) is 0 Å². The van der Waals surface area contributed by atoms with Crippen molar-refractivity contribution in [2.24, 2.45) is 0 Å². The van der Waals surface area contributed by atoms with Gasteiger partial charge in [0, 0.05) is 12.6 Å². The molecule has 19 heavy (non-hydrogen) atoms. The molecule has 0 bridgehead atoms. The normalized spacial score (nSPS) is 28.5. The van der Waals surface area contributed by atoms with E-state index in [9.17, 15) is 14.7 Å². The van der Waals surface area contributed by atoms with Crippen LogP contribution in [0.4, 0.5) is 4.79 Å². The van der Waals surface area contributed by atoms with Crippen molar-refractivity contribution < 1.29 is 19.4 Å². The second-order valence-corrected chi connectivity index (χ2v) is 5.44. The minimum absolute atomic E-state index is 0.101. The quantitative estimate of drug-likeness (QED) is 0.701. The van der Waals surface area contributed by atoms with E-state index >= 15 is 0 Å². The van der Waals surface area contributed by atoms with Crippen molar-refractivity contribution in [1.82, 2.24) is 10.6 Å². The maximum atomic E-state index is 11.9. The van der Waals surface area contributed by atoms with Gasteiger partial charge in [0.15, 0.2) is 0 Å². The molecular formula is C13H22N2O4. The number of carbonyl (C=O) groups is 2. The van der Waals surface area contributed by atoms with Crippen LogP contribution in [0.15, 0.2) is 0 Å². The fourth-order valence-electron chi connectivity index (χ4n) is 2.86. The lowest BCUT2D eigenvalue weighted by molar-refractivity contribution is -0.144. The van der Waals surface area contributed by atoms with Crippen LogP contribution in [0, 0.1) is 0 Å². The fourth-order valence-corrected chi connectivity index (χ4v) is 2.86. The molecule has 0 atom stereocenters. The summed E-state index contributed by atoms with van der Waals surface area (Å²) in [4.78, 5) is 23.2. The van der Waals surface area contributed by atoms with Gasteiger partial charge in [0.2, 0.25) is 0 Å². The van der Waals surface area contributed by atoms with E-state index in [0.29, 0.717) is 19.4 Å². The van der Waals surface area contributed by atoms with Gasteiger partial charge < -0.3 is 20.5 Å². The van der Waals surface area contributed by atoms with Crippen molar-refractivity contribution in [3.05, 3.63) is 0 Å². The van der Waals surface area contributed by atoms with Gasteiger partial charge >= 0.3 is 12.0 Å². The van der Waals surface area contributed by atoms with E-state index in [2.05, 4.69) is 10.6 Å². The van der Waals surface area contributed by atoms with Crippen LogP contribution in [-0.4, -0.2) is 41.4 Å². The highest BCUT2D eigenvalue weighted by molar-refractivity contribution is 5.86. The molecule has 0 radical (unpaired) electrons. The minimum Gasteiger partial charge on any atom is -0.480 e. The fraction of sp³-hybridized carbons (Fsp3) is 0.846. The van der Waals surface area contributed by atoms with Gasteiger partial charge in [-0.25, -0.2) is 9.59 Å². The van der Waals surface area contributed by atoms with Gasteiger partial charge in [-0.1, -0.05) is 12.8 Å². The van der Waals surface area contributed by atoms with E-state index in [4.69, 9.17) is 4.74 Å². The Labute approximate surface area is 112 Å². The number of hydrogen-bond acceptors (Lipinski definition) is 3. The van der Waals surface area contributed by atoms with E-state index in [0.717, 1.165) is 25.7 Å². The van der Waals surface area contributed by atoms with Crippen molar-refractivity contribution in [3.63, 3.8) is 0 Å². The van der Waals surface area contributed by atoms with Crippen LogP contribution in [0.2, 0.25) is 0 Å². The number of rotatable bonds is 5. The maximum Gasteiger partial charge on any atom is 0.329 e. The highest BCUT2D eigenvalue weighted by atomic mass is 16.5. The highest BCUT2D eigenvalue weighted by Gasteiger charge is 2.43. The third-order valence-electron chi connectivity index (χ3n) is 4.05. The number of aliphatic carboxylic acids is 1. The first kappa shape index (κ1) is 14.1. The molecule has 2 fully saturated rings. The van der Waals surface area contributed by atoms with Gasteiger partial charge in [0.25, 0.3) is 0 Å². The monoisotopic (exact) mass is 270 g/mol. The van der Waals surface area contributed by atoms with Crippen molar-refractivity contribution in [1.29, 1.82) is 0 Å². The zero-order valence-electron chi connectivity index (χ0n) is 11.3. The Balaban J connectivity index is 1.77. The van der Waals surface area contributed by atoms with Crippen LogP contribution < -0.4 is 10.6 Å². The number of carbonyl (C=O) groups excluding carboxylic acids is 1. The zero-order valence-corrected chi connectivity index (χ0v) is 11.3. The van der Waals surface area contributed by atoms with E-state index in [1.54, 1.807) is 0 Å². The predicted molar refractivity (Wildman–Crippen MR) is 68.9 cm³/mol. The smallest absolute Gasteiger partial charge is 0.329 e. The summed E-state index contributed by atoms with van der Waals surface area (Å²) in [6, 6.07) is -0.270. The summed E-state index contributed by atoms with van der Waals surface area (Å²) in [6.45, 7) is 2.63. The molecule has 2 aliphatic carbocycles. The number of hydrogen-bond donors (Lipinski definition) is 3. The molecule has 0 unspecified atom stereocenters. The summed E-state index contributed by atoms with van der Waals surface area (Å²) in [5.41, 5.74) is -1.06. The Hall–Kier alpha value is -1.30. The summed E-state index contributed by atoms with van der Waals surface area (Å²) >= 11 is 0.